The molecule has 0 amide bonds. The van der Waals surface area contributed by atoms with Crippen LogP contribution in [0.1, 0.15) is 24.0 Å². The van der Waals surface area contributed by atoms with Gasteiger partial charge in [-0.25, -0.2) is 8.42 Å². The van der Waals surface area contributed by atoms with Crippen LogP contribution in [0.15, 0.2) is 23.1 Å². The Morgan fingerprint density at radius 1 is 1.57 bits per heavy atom. The lowest BCUT2D eigenvalue weighted by Gasteiger charge is -2.18. The lowest BCUT2D eigenvalue weighted by atomic mass is 10.00. The second-order valence-electron chi connectivity index (χ2n) is 5.54. The predicted molar refractivity (Wildman–Crippen MR) is 81.2 cm³/mol. The van der Waals surface area contributed by atoms with Crippen LogP contribution >= 0.6 is 0 Å². The van der Waals surface area contributed by atoms with Gasteiger partial charge in [0.05, 0.1) is 5.56 Å². The van der Waals surface area contributed by atoms with Crippen molar-refractivity contribution >= 4 is 16.0 Å². The average molecular weight is 338 g/mol. The Bertz CT molecular complexity index is 733. The molecule has 0 radical (unpaired) electrons. The van der Waals surface area contributed by atoms with Gasteiger partial charge < -0.3 is 9.84 Å². The average Bonchev–Trinajstić information content (AvgIpc) is 2.99. The number of ether oxygens (including phenoxy) is 1. The van der Waals surface area contributed by atoms with Crippen LogP contribution < -0.4 is 4.72 Å². The summed E-state index contributed by atoms with van der Waals surface area (Å²) in [6.45, 7) is 2.61. The van der Waals surface area contributed by atoms with Gasteiger partial charge in [0.15, 0.2) is 0 Å². The number of aryl methyl sites for hydroxylation is 1. The van der Waals surface area contributed by atoms with Gasteiger partial charge in [-0.3, -0.25) is 4.79 Å². The summed E-state index contributed by atoms with van der Waals surface area (Å²) in [5, 5.41) is 18.5. The summed E-state index contributed by atoms with van der Waals surface area (Å²) in [6, 6.07) is 5.05. The van der Waals surface area contributed by atoms with Crippen molar-refractivity contribution in [1.29, 1.82) is 5.26 Å². The molecule has 0 saturated carbocycles. The Balaban J connectivity index is 2.26. The van der Waals surface area contributed by atoms with Crippen LogP contribution in [0, 0.1) is 24.2 Å². The molecule has 0 spiro atoms. The van der Waals surface area contributed by atoms with Gasteiger partial charge in [-0.15, -0.1) is 0 Å². The molecule has 0 bridgehead atoms. The second kappa shape index (κ2) is 7.08. The Labute approximate surface area is 134 Å². The van der Waals surface area contributed by atoms with Gasteiger partial charge in [0.1, 0.15) is 17.0 Å². The van der Waals surface area contributed by atoms with E-state index >= 15 is 0 Å². The number of hydrogen-bond acceptors (Lipinski definition) is 5. The lowest BCUT2D eigenvalue weighted by molar-refractivity contribution is -0.139. The van der Waals surface area contributed by atoms with Crippen LogP contribution in [-0.2, 0) is 19.6 Å². The van der Waals surface area contributed by atoms with E-state index in [4.69, 9.17) is 10.00 Å². The normalized spacial score (nSPS) is 19.2. The van der Waals surface area contributed by atoms with Gasteiger partial charge in [-0.1, -0.05) is 12.1 Å². The Kier molecular flexibility index (Phi) is 5.36. The van der Waals surface area contributed by atoms with Crippen LogP contribution in [0.4, 0.5) is 0 Å². The van der Waals surface area contributed by atoms with Gasteiger partial charge in [-0.05, 0) is 37.3 Å². The highest BCUT2D eigenvalue weighted by atomic mass is 32.2. The van der Waals surface area contributed by atoms with E-state index in [1.165, 1.54) is 12.1 Å². The highest BCUT2D eigenvalue weighted by molar-refractivity contribution is 7.89. The fourth-order valence-electron chi connectivity index (χ4n) is 2.56. The van der Waals surface area contributed by atoms with Crippen molar-refractivity contribution in [1.82, 2.24) is 4.72 Å². The van der Waals surface area contributed by atoms with Crippen LogP contribution in [0.3, 0.4) is 0 Å². The summed E-state index contributed by atoms with van der Waals surface area (Å²) in [5.74, 6) is -1.24. The Morgan fingerprint density at radius 2 is 2.30 bits per heavy atom. The quantitative estimate of drug-likeness (QED) is 0.800. The summed E-state index contributed by atoms with van der Waals surface area (Å²) in [6.07, 6.45) is 0.863. The maximum absolute atomic E-state index is 12.5. The van der Waals surface area contributed by atoms with E-state index in [2.05, 4.69) is 4.72 Å². The van der Waals surface area contributed by atoms with Gasteiger partial charge in [0.25, 0.3) is 0 Å². The molecule has 124 valence electrons. The van der Waals surface area contributed by atoms with Crippen molar-refractivity contribution in [2.24, 2.45) is 5.92 Å². The van der Waals surface area contributed by atoms with Crippen molar-refractivity contribution in [2.45, 2.75) is 30.7 Å². The standard InChI is InChI=1S/C15H18N2O5S/c1-10-3-2-4-14(12(10)8-16)23(20,21)17-13(15(18)19)7-11-5-6-22-9-11/h2-4,11,13,17H,5-7,9H2,1H3,(H,18,19). The second-order valence-corrected chi connectivity index (χ2v) is 7.22. The van der Waals surface area contributed by atoms with Gasteiger partial charge in [0.2, 0.25) is 10.0 Å². The molecule has 1 aromatic carbocycles. The zero-order valence-corrected chi connectivity index (χ0v) is 13.5. The third kappa shape index (κ3) is 4.07. The van der Waals surface area contributed by atoms with Gasteiger partial charge in [0, 0.05) is 13.2 Å². The minimum absolute atomic E-state index is 0.00625. The first-order valence-corrected chi connectivity index (χ1v) is 8.66. The van der Waals surface area contributed by atoms with E-state index in [0.29, 0.717) is 25.2 Å². The van der Waals surface area contributed by atoms with E-state index in [9.17, 15) is 18.3 Å². The molecule has 0 aromatic heterocycles. The van der Waals surface area contributed by atoms with Crippen molar-refractivity contribution in [3.05, 3.63) is 29.3 Å². The molecule has 0 aliphatic carbocycles. The maximum Gasteiger partial charge on any atom is 0.321 e. The SMILES string of the molecule is Cc1cccc(S(=O)(=O)NC(CC2CCOC2)C(=O)O)c1C#N. The molecule has 2 unspecified atom stereocenters. The van der Waals surface area contributed by atoms with E-state index < -0.39 is 22.0 Å². The van der Waals surface area contributed by atoms with Crippen molar-refractivity contribution in [2.75, 3.05) is 13.2 Å². The number of nitrogens with zero attached hydrogens (tertiary/aromatic N) is 1. The van der Waals surface area contributed by atoms with E-state index in [1.54, 1.807) is 13.0 Å². The number of carboxylic acids is 1. The molecule has 8 heteroatoms. The minimum Gasteiger partial charge on any atom is -0.480 e. The first-order valence-electron chi connectivity index (χ1n) is 7.17. The summed E-state index contributed by atoms with van der Waals surface area (Å²) in [4.78, 5) is 11.2. The first kappa shape index (κ1) is 17.4. The largest absolute Gasteiger partial charge is 0.480 e. The number of carboxylic acid groups (broad SMARTS) is 1. The number of sulfonamides is 1. The Hall–Kier alpha value is -1.95. The van der Waals surface area contributed by atoms with Crippen LogP contribution in [0.5, 0.6) is 0 Å². The number of carbonyl (C=O) groups is 1. The number of hydrogen-bond donors (Lipinski definition) is 2. The molecule has 7 nitrogen and oxygen atoms in total. The molecule has 2 N–H and O–H groups in total. The molecule has 2 rings (SSSR count). The summed E-state index contributed by atoms with van der Waals surface area (Å²) < 4.78 is 32.4. The number of nitrogens with one attached hydrogen (secondary N) is 1. The molecule has 1 heterocycles. The van der Waals surface area contributed by atoms with Gasteiger partial charge in [-0.2, -0.15) is 9.98 Å². The highest BCUT2D eigenvalue weighted by Crippen LogP contribution is 2.22. The lowest BCUT2D eigenvalue weighted by Crippen LogP contribution is -2.42. The predicted octanol–water partition coefficient (Wildman–Crippen LogP) is 1.02. The number of benzene rings is 1. The third-order valence-corrected chi connectivity index (χ3v) is 5.34. The zero-order chi connectivity index (χ0) is 17.0. The van der Waals surface area contributed by atoms with Crippen molar-refractivity contribution in [3.8, 4) is 6.07 Å². The number of aliphatic carboxylic acids is 1. The van der Waals surface area contributed by atoms with Crippen LogP contribution in [-0.4, -0.2) is 38.7 Å². The van der Waals surface area contributed by atoms with Crippen LogP contribution in [0.2, 0.25) is 0 Å². The summed E-state index contributed by atoms with van der Waals surface area (Å²) in [7, 11) is -4.11. The third-order valence-electron chi connectivity index (χ3n) is 3.82. The smallest absolute Gasteiger partial charge is 0.321 e. The summed E-state index contributed by atoms with van der Waals surface area (Å²) in [5.41, 5.74) is 0.541. The van der Waals surface area contributed by atoms with Crippen molar-refractivity contribution in [3.63, 3.8) is 0 Å². The monoisotopic (exact) mass is 338 g/mol. The molecule has 1 aromatic rings. The maximum atomic E-state index is 12.5. The topological polar surface area (TPSA) is 116 Å². The molecule has 23 heavy (non-hydrogen) atoms. The molecular formula is C15H18N2O5S. The fraction of sp³-hybridized carbons (Fsp3) is 0.467. The first-order chi connectivity index (χ1) is 10.8. The Morgan fingerprint density at radius 3 is 2.87 bits per heavy atom. The highest BCUT2D eigenvalue weighted by Gasteiger charge is 2.31. The van der Waals surface area contributed by atoms with Gasteiger partial charge >= 0.3 is 5.97 Å². The zero-order valence-electron chi connectivity index (χ0n) is 12.7. The minimum atomic E-state index is -4.11. The molecule has 1 fully saturated rings. The van der Waals surface area contributed by atoms with E-state index in [1.807, 2.05) is 6.07 Å². The molecule has 1 aliphatic heterocycles. The molecular weight excluding hydrogens is 320 g/mol. The fourth-order valence-corrected chi connectivity index (χ4v) is 3.99. The molecule has 1 aliphatic rings. The van der Waals surface area contributed by atoms with Crippen molar-refractivity contribution < 1.29 is 23.1 Å². The van der Waals surface area contributed by atoms with E-state index in [0.717, 1.165) is 0 Å². The van der Waals surface area contributed by atoms with E-state index in [-0.39, 0.29) is 22.8 Å². The number of rotatable bonds is 6. The van der Waals surface area contributed by atoms with Crippen LogP contribution in [0.25, 0.3) is 0 Å². The number of nitriles is 1. The summed E-state index contributed by atoms with van der Waals surface area (Å²) >= 11 is 0. The molecule has 2 atom stereocenters. The molecule has 1 saturated heterocycles.